The van der Waals surface area contributed by atoms with Crippen LogP contribution < -0.4 is 5.56 Å². The smallest absolute Gasteiger partial charge is 0.264 e. The van der Waals surface area contributed by atoms with Crippen molar-refractivity contribution in [2.24, 2.45) is 0 Å². The Morgan fingerprint density at radius 1 is 1.47 bits per heavy atom. The van der Waals surface area contributed by atoms with Crippen molar-refractivity contribution in [2.45, 2.75) is 13.8 Å². The van der Waals surface area contributed by atoms with E-state index in [-0.39, 0.29) is 5.56 Å². The first-order valence-corrected chi connectivity index (χ1v) is 4.63. The molecule has 1 aromatic heterocycles. The minimum Gasteiger partial charge on any atom is -0.268 e. The zero-order valence-electron chi connectivity index (χ0n) is 8.74. The molecular weight excluding hydrogens is 188 g/mol. The van der Waals surface area contributed by atoms with E-state index >= 15 is 0 Å². The first kappa shape index (κ1) is 11.0. The Bertz CT molecular complexity index is 478. The second-order valence-corrected chi connectivity index (χ2v) is 2.80. The van der Waals surface area contributed by atoms with Crippen LogP contribution in [-0.4, -0.2) is 10.2 Å². The molecule has 0 amide bonds. The molecular formula is C12H12N2O. The van der Waals surface area contributed by atoms with Crippen LogP contribution in [0.4, 0.5) is 0 Å². The van der Waals surface area contributed by atoms with E-state index in [2.05, 4.69) is 22.0 Å². The van der Waals surface area contributed by atoms with Crippen molar-refractivity contribution in [1.29, 1.82) is 0 Å². The number of nitrogens with one attached hydrogen (secondary N) is 1. The zero-order chi connectivity index (χ0) is 11.1. The predicted molar refractivity (Wildman–Crippen MR) is 60.3 cm³/mol. The zero-order valence-corrected chi connectivity index (χ0v) is 8.74. The average Bonchev–Trinajstić information content (AvgIpc) is 2.26. The second-order valence-electron chi connectivity index (χ2n) is 2.80. The van der Waals surface area contributed by atoms with Crippen LogP contribution in [0.15, 0.2) is 40.7 Å². The molecule has 1 heterocycles. The fraction of sp³-hybridized carbons (Fsp3) is 0.167. The Balaban J connectivity index is 2.90. The third kappa shape index (κ3) is 3.65. The predicted octanol–water partition coefficient (Wildman–Crippen LogP) is 1.64. The van der Waals surface area contributed by atoms with E-state index < -0.39 is 0 Å². The molecule has 0 fully saturated rings. The first-order chi connectivity index (χ1) is 7.26. The number of allylic oxidation sites excluding steroid dienone is 4. The summed E-state index contributed by atoms with van der Waals surface area (Å²) in [5, 5.41) is 6.11. The molecule has 1 aromatic rings. The first-order valence-electron chi connectivity index (χ1n) is 4.63. The van der Waals surface area contributed by atoms with Gasteiger partial charge in [0.1, 0.15) is 5.69 Å². The molecule has 15 heavy (non-hydrogen) atoms. The van der Waals surface area contributed by atoms with Gasteiger partial charge in [-0.1, -0.05) is 24.1 Å². The molecule has 3 heteroatoms. The number of rotatable bonds is 1. The summed E-state index contributed by atoms with van der Waals surface area (Å²) in [7, 11) is 0. The number of H-pyrrole nitrogens is 1. The third-order valence-electron chi connectivity index (χ3n) is 1.67. The molecule has 0 spiro atoms. The minimum absolute atomic E-state index is 0.222. The maximum Gasteiger partial charge on any atom is 0.264 e. The molecule has 76 valence electrons. The van der Waals surface area contributed by atoms with Gasteiger partial charge in [0.15, 0.2) is 0 Å². The fourth-order valence-corrected chi connectivity index (χ4v) is 0.940. The number of aromatic amines is 1. The van der Waals surface area contributed by atoms with Gasteiger partial charge in [-0.2, -0.15) is 5.10 Å². The lowest BCUT2D eigenvalue weighted by molar-refractivity contribution is 0.974. The van der Waals surface area contributed by atoms with Crippen LogP contribution in [0.25, 0.3) is 0 Å². The van der Waals surface area contributed by atoms with E-state index in [4.69, 9.17) is 0 Å². The monoisotopic (exact) mass is 200 g/mol. The Morgan fingerprint density at radius 2 is 2.27 bits per heavy atom. The number of hydrogen-bond acceptors (Lipinski definition) is 2. The lowest BCUT2D eigenvalue weighted by atomic mass is 10.2. The van der Waals surface area contributed by atoms with Gasteiger partial charge in [0.25, 0.3) is 5.56 Å². The molecule has 0 atom stereocenters. The highest BCUT2D eigenvalue weighted by atomic mass is 16.1. The second kappa shape index (κ2) is 5.61. The molecule has 0 aliphatic rings. The Kier molecular flexibility index (Phi) is 4.11. The van der Waals surface area contributed by atoms with Crippen LogP contribution in [0.3, 0.4) is 0 Å². The van der Waals surface area contributed by atoms with Crippen molar-refractivity contribution in [3.63, 3.8) is 0 Å². The Morgan fingerprint density at radius 3 is 2.80 bits per heavy atom. The van der Waals surface area contributed by atoms with E-state index in [1.54, 1.807) is 6.07 Å². The summed E-state index contributed by atoms with van der Waals surface area (Å²) < 4.78 is 0. The normalized spacial score (nSPS) is 11.2. The van der Waals surface area contributed by atoms with Crippen LogP contribution in [0.1, 0.15) is 19.5 Å². The van der Waals surface area contributed by atoms with Gasteiger partial charge in [-0.25, -0.2) is 5.10 Å². The summed E-state index contributed by atoms with van der Waals surface area (Å²) in [6.45, 7) is 3.85. The molecule has 0 aliphatic carbocycles. The fourth-order valence-electron chi connectivity index (χ4n) is 0.940. The van der Waals surface area contributed by atoms with Crippen LogP contribution in [-0.2, 0) is 0 Å². The summed E-state index contributed by atoms with van der Waals surface area (Å²) in [5.74, 6) is 5.80. The van der Waals surface area contributed by atoms with E-state index in [1.807, 2.05) is 32.1 Å². The van der Waals surface area contributed by atoms with Gasteiger partial charge in [0.05, 0.1) is 0 Å². The molecule has 0 saturated heterocycles. The molecule has 0 radical (unpaired) electrons. The van der Waals surface area contributed by atoms with Gasteiger partial charge >= 0.3 is 0 Å². The molecule has 0 saturated carbocycles. The number of aromatic nitrogens is 2. The van der Waals surface area contributed by atoms with Crippen LogP contribution in [0.5, 0.6) is 0 Å². The quantitative estimate of drug-likeness (QED) is 0.553. The van der Waals surface area contributed by atoms with Gasteiger partial charge in [-0.05, 0) is 25.8 Å². The third-order valence-corrected chi connectivity index (χ3v) is 1.67. The van der Waals surface area contributed by atoms with Crippen molar-refractivity contribution < 1.29 is 0 Å². The SMILES string of the molecule is C/C=C\C(C#Cc1ccc(=O)[nH]n1)=C/C. The van der Waals surface area contributed by atoms with Crippen molar-refractivity contribution in [1.82, 2.24) is 10.2 Å². The van der Waals surface area contributed by atoms with Crippen molar-refractivity contribution in [3.8, 4) is 11.8 Å². The highest BCUT2D eigenvalue weighted by Crippen LogP contribution is 1.95. The van der Waals surface area contributed by atoms with Crippen molar-refractivity contribution >= 4 is 0 Å². The summed E-state index contributed by atoms with van der Waals surface area (Å²) >= 11 is 0. The molecule has 3 nitrogen and oxygen atoms in total. The van der Waals surface area contributed by atoms with Gasteiger partial charge in [-0.15, -0.1) is 0 Å². The maximum atomic E-state index is 10.7. The average molecular weight is 200 g/mol. The molecule has 1 N–H and O–H groups in total. The van der Waals surface area contributed by atoms with Crippen LogP contribution >= 0.6 is 0 Å². The highest BCUT2D eigenvalue weighted by Gasteiger charge is 1.87. The van der Waals surface area contributed by atoms with Gasteiger partial charge < -0.3 is 0 Å². The van der Waals surface area contributed by atoms with Crippen LogP contribution in [0, 0.1) is 11.8 Å². The van der Waals surface area contributed by atoms with E-state index in [9.17, 15) is 4.79 Å². The number of hydrogen-bond donors (Lipinski definition) is 1. The largest absolute Gasteiger partial charge is 0.268 e. The minimum atomic E-state index is -0.222. The van der Waals surface area contributed by atoms with E-state index in [0.717, 1.165) is 5.57 Å². The molecule has 0 aromatic carbocycles. The summed E-state index contributed by atoms with van der Waals surface area (Å²) in [5.41, 5.74) is 1.25. The maximum absolute atomic E-state index is 10.7. The molecule has 0 unspecified atom stereocenters. The summed E-state index contributed by atoms with van der Waals surface area (Å²) in [6.07, 6.45) is 5.75. The standard InChI is InChI=1S/C12H12N2O/c1-3-5-10(4-2)6-7-11-8-9-12(15)14-13-11/h3-5,8-9H,1-2H3,(H,14,15)/b5-3-,10-4+. The Labute approximate surface area is 88.5 Å². The topological polar surface area (TPSA) is 45.8 Å². The summed E-state index contributed by atoms with van der Waals surface area (Å²) in [6, 6.07) is 3.00. The lowest BCUT2D eigenvalue weighted by Gasteiger charge is -1.87. The van der Waals surface area contributed by atoms with E-state index in [1.165, 1.54) is 6.07 Å². The van der Waals surface area contributed by atoms with Gasteiger partial charge in [0.2, 0.25) is 0 Å². The van der Waals surface area contributed by atoms with Crippen molar-refractivity contribution in [3.05, 3.63) is 52.0 Å². The molecule has 1 rings (SSSR count). The van der Waals surface area contributed by atoms with Gasteiger partial charge in [-0.3, -0.25) is 4.79 Å². The Hall–Kier alpha value is -2.08. The van der Waals surface area contributed by atoms with E-state index in [0.29, 0.717) is 5.69 Å². The van der Waals surface area contributed by atoms with Crippen LogP contribution in [0.2, 0.25) is 0 Å². The van der Waals surface area contributed by atoms with Crippen molar-refractivity contribution in [2.75, 3.05) is 0 Å². The number of nitrogens with zero attached hydrogens (tertiary/aromatic N) is 1. The molecule has 0 bridgehead atoms. The van der Waals surface area contributed by atoms with Gasteiger partial charge in [0, 0.05) is 11.6 Å². The summed E-state index contributed by atoms with van der Waals surface area (Å²) in [4.78, 5) is 10.7. The lowest BCUT2D eigenvalue weighted by Crippen LogP contribution is -2.05. The molecule has 0 aliphatic heterocycles. The highest BCUT2D eigenvalue weighted by molar-refractivity contribution is 5.42.